The highest BCUT2D eigenvalue weighted by Crippen LogP contribution is 2.31. The highest BCUT2D eigenvalue weighted by atomic mass is 16.4. The number of oxime groups is 1. The normalized spacial score (nSPS) is 17.3. The lowest BCUT2D eigenvalue weighted by atomic mass is 9.91. The third kappa shape index (κ3) is 3.48. The second kappa shape index (κ2) is 7.84. The molecule has 0 bridgehead atoms. The van der Waals surface area contributed by atoms with Crippen LogP contribution in [-0.4, -0.2) is 27.2 Å². The molecule has 4 heteroatoms. The molecule has 2 aromatic rings. The number of hydrogen-bond donors (Lipinski definition) is 2. The minimum Gasteiger partial charge on any atom is -0.411 e. The first-order valence-electron chi connectivity index (χ1n) is 9.15. The number of aromatic nitrogens is 1. The second-order valence-electron chi connectivity index (χ2n) is 7.04. The van der Waals surface area contributed by atoms with E-state index in [4.69, 9.17) is 0 Å². The van der Waals surface area contributed by atoms with Crippen molar-refractivity contribution in [1.82, 2.24) is 4.57 Å². The largest absolute Gasteiger partial charge is 0.411 e. The molecule has 1 aliphatic rings. The summed E-state index contributed by atoms with van der Waals surface area (Å²) < 4.78 is 2.07. The van der Waals surface area contributed by atoms with Crippen molar-refractivity contribution in [3.05, 3.63) is 35.5 Å². The van der Waals surface area contributed by atoms with Crippen molar-refractivity contribution >= 4 is 16.6 Å². The van der Waals surface area contributed by atoms with Crippen molar-refractivity contribution < 1.29 is 10.3 Å². The molecule has 0 unspecified atom stereocenters. The molecular weight excluding hydrogens is 300 g/mol. The molecule has 130 valence electrons. The molecule has 1 aromatic carbocycles. The Hall–Kier alpha value is -1.81. The summed E-state index contributed by atoms with van der Waals surface area (Å²) in [7, 11) is 0. The van der Waals surface area contributed by atoms with E-state index in [1.807, 2.05) is 12.3 Å². The van der Waals surface area contributed by atoms with Crippen LogP contribution in [0.2, 0.25) is 0 Å². The highest BCUT2D eigenvalue weighted by Gasteiger charge is 2.20. The molecule has 1 aromatic heterocycles. The van der Waals surface area contributed by atoms with Crippen LogP contribution in [0.15, 0.2) is 29.6 Å². The minimum absolute atomic E-state index is 0.103. The molecule has 2 N–H and O–H groups in total. The van der Waals surface area contributed by atoms with Gasteiger partial charge in [0, 0.05) is 29.2 Å². The van der Waals surface area contributed by atoms with Gasteiger partial charge in [-0.25, -0.2) is 0 Å². The van der Waals surface area contributed by atoms with E-state index in [0.29, 0.717) is 12.5 Å². The summed E-state index contributed by atoms with van der Waals surface area (Å²) in [6, 6.07) is 6.20. The molecule has 3 rings (SSSR count). The van der Waals surface area contributed by atoms with Gasteiger partial charge >= 0.3 is 0 Å². The maximum Gasteiger partial charge on any atom is 0.0892 e. The third-order valence-electron chi connectivity index (χ3n) is 5.34. The van der Waals surface area contributed by atoms with Gasteiger partial charge in [0.25, 0.3) is 0 Å². The van der Waals surface area contributed by atoms with Crippen LogP contribution in [0.1, 0.15) is 56.1 Å². The van der Waals surface area contributed by atoms with Crippen molar-refractivity contribution in [3.63, 3.8) is 0 Å². The molecule has 1 heterocycles. The number of fused-ring (bicyclic) bond motifs is 1. The Bertz CT molecular complexity index is 710. The van der Waals surface area contributed by atoms with Gasteiger partial charge in [0.05, 0.1) is 12.3 Å². The standard InChI is InChI=1S/C20H28N2O2/c1-15-7-6-10-19-20(15)17(14-22(19)11-12-23)18(21-24)13-16-8-4-2-3-5-9-16/h6-7,10,14,16,23-24H,2-5,8-9,11-13H2,1H3. The zero-order valence-electron chi connectivity index (χ0n) is 14.5. The first-order chi connectivity index (χ1) is 11.7. The summed E-state index contributed by atoms with van der Waals surface area (Å²) in [6.07, 6.45) is 10.6. The van der Waals surface area contributed by atoms with Gasteiger partial charge in [-0.2, -0.15) is 0 Å². The molecule has 0 aliphatic heterocycles. The average Bonchev–Trinajstić information content (AvgIpc) is 2.78. The first kappa shape index (κ1) is 17.0. The maximum absolute atomic E-state index is 9.70. The monoisotopic (exact) mass is 328 g/mol. The minimum atomic E-state index is 0.103. The van der Waals surface area contributed by atoms with Crippen molar-refractivity contribution in [2.75, 3.05) is 6.61 Å². The van der Waals surface area contributed by atoms with E-state index in [0.717, 1.165) is 28.6 Å². The summed E-state index contributed by atoms with van der Waals surface area (Å²) in [6.45, 7) is 2.75. The summed E-state index contributed by atoms with van der Waals surface area (Å²) in [5.74, 6) is 0.610. The van der Waals surface area contributed by atoms with Crippen molar-refractivity contribution in [3.8, 4) is 0 Å². The van der Waals surface area contributed by atoms with Crippen molar-refractivity contribution in [2.24, 2.45) is 11.1 Å². The van der Waals surface area contributed by atoms with E-state index in [9.17, 15) is 10.3 Å². The number of aliphatic hydroxyl groups excluding tert-OH is 1. The lowest BCUT2D eigenvalue weighted by Gasteiger charge is -2.14. The molecule has 0 atom stereocenters. The van der Waals surface area contributed by atoms with Crippen LogP contribution in [0, 0.1) is 12.8 Å². The number of nitrogens with zero attached hydrogens (tertiary/aromatic N) is 2. The zero-order chi connectivity index (χ0) is 16.9. The van der Waals surface area contributed by atoms with Gasteiger partial charge in [0.2, 0.25) is 0 Å². The number of rotatable bonds is 5. The summed E-state index contributed by atoms with van der Waals surface area (Å²) >= 11 is 0. The third-order valence-corrected chi connectivity index (χ3v) is 5.34. The van der Waals surface area contributed by atoms with E-state index in [1.165, 1.54) is 44.1 Å². The molecule has 0 saturated heterocycles. The van der Waals surface area contributed by atoms with Crippen LogP contribution in [-0.2, 0) is 6.54 Å². The fourth-order valence-electron chi connectivity index (χ4n) is 4.09. The predicted octanol–water partition coefficient (Wildman–Crippen LogP) is 4.48. The van der Waals surface area contributed by atoms with Gasteiger partial charge in [0.15, 0.2) is 0 Å². The van der Waals surface area contributed by atoms with Crippen LogP contribution >= 0.6 is 0 Å². The van der Waals surface area contributed by atoms with Crippen molar-refractivity contribution in [2.45, 2.75) is 58.4 Å². The Balaban J connectivity index is 1.96. The molecule has 1 fully saturated rings. The van der Waals surface area contributed by atoms with Gasteiger partial charge < -0.3 is 14.9 Å². The highest BCUT2D eigenvalue weighted by molar-refractivity contribution is 6.11. The average molecular weight is 328 g/mol. The molecule has 0 radical (unpaired) electrons. The zero-order valence-corrected chi connectivity index (χ0v) is 14.5. The predicted molar refractivity (Wildman–Crippen MR) is 97.9 cm³/mol. The van der Waals surface area contributed by atoms with Gasteiger partial charge in [-0.05, 0) is 30.9 Å². The number of aryl methyl sites for hydroxylation is 1. The SMILES string of the molecule is Cc1cccc2c1c(C(CC1CCCCCC1)=NO)cn2CCO. The first-order valence-corrected chi connectivity index (χ1v) is 9.15. The van der Waals surface area contributed by atoms with E-state index in [2.05, 4.69) is 28.8 Å². The lowest BCUT2D eigenvalue weighted by molar-refractivity contribution is 0.278. The van der Waals surface area contributed by atoms with Gasteiger partial charge in [-0.1, -0.05) is 55.8 Å². The number of hydrogen-bond acceptors (Lipinski definition) is 3. The van der Waals surface area contributed by atoms with Crippen LogP contribution in [0.4, 0.5) is 0 Å². The number of benzene rings is 1. The van der Waals surface area contributed by atoms with E-state index < -0.39 is 0 Å². The Kier molecular flexibility index (Phi) is 5.56. The molecule has 1 saturated carbocycles. The molecular formula is C20H28N2O2. The number of aliphatic hydroxyl groups is 1. The van der Waals surface area contributed by atoms with E-state index in [1.54, 1.807) is 0 Å². The van der Waals surface area contributed by atoms with Crippen LogP contribution < -0.4 is 0 Å². The molecule has 0 amide bonds. The van der Waals surface area contributed by atoms with Gasteiger partial charge in [-0.15, -0.1) is 0 Å². The van der Waals surface area contributed by atoms with Crippen molar-refractivity contribution in [1.29, 1.82) is 0 Å². The Morgan fingerprint density at radius 1 is 1.21 bits per heavy atom. The fourth-order valence-corrected chi connectivity index (χ4v) is 4.09. The summed E-state index contributed by atoms with van der Waals surface area (Å²) in [4.78, 5) is 0. The molecule has 0 spiro atoms. The maximum atomic E-state index is 9.70. The molecule has 4 nitrogen and oxygen atoms in total. The second-order valence-corrected chi connectivity index (χ2v) is 7.04. The molecule has 24 heavy (non-hydrogen) atoms. The summed E-state index contributed by atoms with van der Waals surface area (Å²) in [5.41, 5.74) is 4.09. The van der Waals surface area contributed by atoms with E-state index >= 15 is 0 Å². The van der Waals surface area contributed by atoms with Gasteiger partial charge in [-0.3, -0.25) is 0 Å². The quantitative estimate of drug-likeness (QED) is 0.368. The lowest BCUT2D eigenvalue weighted by Crippen LogP contribution is -2.10. The fraction of sp³-hybridized carbons (Fsp3) is 0.550. The molecule has 1 aliphatic carbocycles. The summed E-state index contributed by atoms with van der Waals surface area (Å²) in [5, 5.41) is 23.9. The van der Waals surface area contributed by atoms with Crippen LogP contribution in [0.5, 0.6) is 0 Å². The topological polar surface area (TPSA) is 57.8 Å². The van der Waals surface area contributed by atoms with Crippen LogP contribution in [0.25, 0.3) is 10.9 Å². The van der Waals surface area contributed by atoms with Crippen LogP contribution in [0.3, 0.4) is 0 Å². The Morgan fingerprint density at radius 2 is 1.96 bits per heavy atom. The van der Waals surface area contributed by atoms with E-state index in [-0.39, 0.29) is 6.61 Å². The smallest absolute Gasteiger partial charge is 0.0892 e. The Labute approximate surface area is 143 Å². The van der Waals surface area contributed by atoms with Gasteiger partial charge in [0.1, 0.15) is 0 Å². The Morgan fingerprint density at radius 3 is 2.62 bits per heavy atom.